The molecule has 2 rings (SSSR count). The van der Waals surface area contributed by atoms with Gasteiger partial charge in [-0.05, 0) is 25.1 Å². The number of halogens is 3. The maximum atomic E-state index is 12.6. The van der Waals surface area contributed by atoms with Gasteiger partial charge in [0.25, 0.3) is 5.91 Å². The quantitative estimate of drug-likeness (QED) is 0.806. The number of alkyl halides is 3. The van der Waals surface area contributed by atoms with E-state index < -0.39 is 17.4 Å². The first-order chi connectivity index (χ1) is 9.29. The van der Waals surface area contributed by atoms with Crippen LogP contribution in [0.15, 0.2) is 18.2 Å². The Morgan fingerprint density at radius 3 is 2.70 bits per heavy atom. The summed E-state index contributed by atoms with van der Waals surface area (Å²) in [6.07, 6.45) is -4.60. The molecule has 1 amide bonds. The molecule has 1 saturated heterocycles. The summed E-state index contributed by atoms with van der Waals surface area (Å²) in [6.45, 7) is 3.09. The number of carbonyl (C=O) groups is 1. The molecule has 1 aliphatic rings. The van der Waals surface area contributed by atoms with Crippen LogP contribution in [0.25, 0.3) is 0 Å². The van der Waals surface area contributed by atoms with Crippen molar-refractivity contribution in [1.82, 2.24) is 4.90 Å². The Morgan fingerprint density at radius 2 is 2.15 bits per heavy atom. The van der Waals surface area contributed by atoms with Crippen molar-refractivity contribution < 1.29 is 22.7 Å². The van der Waals surface area contributed by atoms with Gasteiger partial charge in [-0.25, -0.2) is 0 Å². The fraction of sp³-hybridized carbons (Fsp3) is 0.462. The van der Waals surface area contributed by atoms with Gasteiger partial charge in [-0.15, -0.1) is 0 Å². The van der Waals surface area contributed by atoms with Crippen LogP contribution in [0.1, 0.15) is 22.8 Å². The number of benzene rings is 1. The van der Waals surface area contributed by atoms with Gasteiger partial charge in [0, 0.05) is 24.3 Å². The van der Waals surface area contributed by atoms with Crippen LogP contribution in [0.4, 0.5) is 18.9 Å². The van der Waals surface area contributed by atoms with Crippen molar-refractivity contribution in [2.24, 2.45) is 0 Å². The van der Waals surface area contributed by atoms with Crippen molar-refractivity contribution in [3.63, 3.8) is 0 Å². The molecule has 7 heteroatoms. The lowest BCUT2D eigenvalue weighted by Gasteiger charge is -2.31. The van der Waals surface area contributed by atoms with Crippen molar-refractivity contribution in [2.75, 3.05) is 25.4 Å². The number of nitrogen functional groups attached to an aromatic ring is 1. The van der Waals surface area contributed by atoms with Gasteiger partial charge in [0.2, 0.25) is 0 Å². The summed E-state index contributed by atoms with van der Waals surface area (Å²) in [4.78, 5) is 13.7. The normalized spacial score (nSPS) is 20.0. The Labute approximate surface area is 114 Å². The molecule has 0 aromatic heterocycles. The van der Waals surface area contributed by atoms with Gasteiger partial charge >= 0.3 is 6.18 Å². The third-order valence-corrected chi connectivity index (χ3v) is 3.13. The zero-order valence-electron chi connectivity index (χ0n) is 10.9. The van der Waals surface area contributed by atoms with Crippen molar-refractivity contribution >= 4 is 11.6 Å². The van der Waals surface area contributed by atoms with Crippen LogP contribution in [-0.2, 0) is 10.9 Å². The minimum atomic E-state index is -4.51. The van der Waals surface area contributed by atoms with Crippen molar-refractivity contribution in [2.45, 2.75) is 19.2 Å². The Bertz CT molecular complexity index is 517. The average Bonchev–Trinajstić information content (AvgIpc) is 2.36. The lowest BCUT2D eigenvalue weighted by Crippen LogP contribution is -2.44. The maximum absolute atomic E-state index is 12.6. The molecule has 1 atom stereocenters. The van der Waals surface area contributed by atoms with E-state index in [2.05, 4.69) is 0 Å². The highest BCUT2D eigenvalue weighted by atomic mass is 19.4. The van der Waals surface area contributed by atoms with Gasteiger partial charge < -0.3 is 15.4 Å². The van der Waals surface area contributed by atoms with Gasteiger partial charge in [-0.3, -0.25) is 4.79 Å². The summed E-state index contributed by atoms with van der Waals surface area (Å²) in [5, 5.41) is 0. The second kappa shape index (κ2) is 5.32. The molecule has 0 unspecified atom stereocenters. The largest absolute Gasteiger partial charge is 0.418 e. The van der Waals surface area contributed by atoms with Crippen molar-refractivity contribution in [3.05, 3.63) is 29.3 Å². The van der Waals surface area contributed by atoms with E-state index in [0.717, 1.165) is 18.2 Å². The Morgan fingerprint density at radius 1 is 1.45 bits per heavy atom. The molecule has 0 bridgehead atoms. The topological polar surface area (TPSA) is 55.6 Å². The summed E-state index contributed by atoms with van der Waals surface area (Å²) >= 11 is 0. The first-order valence-corrected chi connectivity index (χ1v) is 6.16. The van der Waals surface area contributed by atoms with Gasteiger partial charge in [0.15, 0.2) is 0 Å². The number of nitrogens with two attached hydrogens (primary N) is 1. The predicted molar refractivity (Wildman–Crippen MR) is 67.2 cm³/mol. The van der Waals surface area contributed by atoms with E-state index in [9.17, 15) is 18.0 Å². The number of amides is 1. The average molecular weight is 288 g/mol. The van der Waals surface area contributed by atoms with Crippen LogP contribution < -0.4 is 5.73 Å². The van der Waals surface area contributed by atoms with Crippen LogP contribution in [0, 0.1) is 0 Å². The monoisotopic (exact) mass is 288 g/mol. The Kier molecular flexibility index (Phi) is 3.89. The molecule has 0 saturated carbocycles. The van der Waals surface area contributed by atoms with Gasteiger partial charge in [0.05, 0.1) is 18.3 Å². The summed E-state index contributed by atoms with van der Waals surface area (Å²) in [5.41, 5.74) is 4.18. The molecule has 0 aliphatic carbocycles. The summed E-state index contributed by atoms with van der Waals surface area (Å²) in [6, 6.07) is 3.07. The smallest absolute Gasteiger partial charge is 0.398 e. The number of rotatable bonds is 1. The molecule has 0 radical (unpaired) electrons. The highest BCUT2D eigenvalue weighted by Crippen LogP contribution is 2.34. The number of nitrogens with zero attached hydrogens (tertiary/aromatic N) is 1. The van der Waals surface area contributed by atoms with Gasteiger partial charge in [0.1, 0.15) is 0 Å². The van der Waals surface area contributed by atoms with E-state index in [0.29, 0.717) is 19.7 Å². The van der Waals surface area contributed by atoms with Crippen LogP contribution in [-0.4, -0.2) is 36.6 Å². The first kappa shape index (κ1) is 14.6. The molecule has 1 aliphatic heterocycles. The van der Waals surface area contributed by atoms with Crippen LogP contribution in [0.3, 0.4) is 0 Å². The van der Waals surface area contributed by atoms with Crippen LogP contribution in [0.2, 0.25) is 0 Å². The third kappa shape index (κ3) is 3.04. The molecular formula is C13H15F3N2O2. The molecule has 1 aromatic carbocycles. The second-order valence-corrected chi connectivity index (χ2v) is 4.73. The van der Waals surface area contributed by atoms with E-state index in [1.54, 1.807) is 4.90 Å². The molecule has 110 valence electrons. The summed E-state index contributed by atoms with van der Waals surface area (Å²) < 4.78 is 43.1. The van der Waals surface area contributed by atoms with E-state index >= 15 is 0 Å². The highest BCUT2D eigenvalue weighted by molar-refractivity contribution is 5.95. The van der Waals surface area contributed by atoms with E-state index in [4.69, 9.17) is 10.5 Å². The standard InChI is InChI=1S/C13H15F3N2O2/c1-8-7-18(4-5-20-8)12(19)9-2-3-10(11(17)6-9)13(14,15)16/h2-3,6,8H,4-5,7,17H2,1H3/t8-/m1/s1. The molecule has 20 heavy (non-hydrogen) atoms. The zero-order valence-corrected chi connectivity index (χ0v) is 10.9. The first-order valence-electron chi connectivity index (χ1n) is 6.16. The Balaban J connectivity index is 2.21. The van der Waals surface area contributed by atoms with Gasteiger partial charge in [-0.1, -0.05) is 0 Å². The fourth-order valence-corrected chi connectivity index (χ4v) is 2.14. The second-order valence-electron chi connectivity index (χ2n) is 4.73. The molecule has 2 N–H and O–H groups in total. The molecular weight excluding hydrogens is 273 g/mol. The van der Waals surface area contributed by atoms with Crippen molar-refractivity contribution in [1.29, 1.82) is 0 Å². The fourth-order valence-electron chi connectivity index (χ4n) is 2.14. The summed E-state index contributed by atoms with van der Waals surface area (Å²) in [7, 11) is 0. The maximum Gasteiger partial charge on any atom is 0.418 e. The van der Waals surface area contributed by atoms with Crippen molar-refractivity contribution in [3.8, 4) is 0 Å². The highest BCUT2D eigenvalue weighted by Gasteiger charge is 2.33. The van der Waals surface area contributed by atoms with E-state index in [1.165, 1.54) is 0 Å². The van der Waals surface area contributed by atoms with Crippen LogP contribution in [0.5, 0.6) is 0 Å². The van der Waals surface area contributed by atoms with Gasteiger partial charge in [-0.2, -0.15) is 13.2 Å². The minimum absolute atomic E-state index is 0.0838. The number of hydrogen-bond acceptors (Lipinski definition) is 3. The predicted octanol–water partition coefficient (Wildman–Crippen LogP) is 2.15. The Hall–Kier alpha value is -1.76. The number of hydrogen-bond donors (Lipinski definition) is 1. The zero-order chi connectivity index (χ0) is 14.9. The number of morpholine rings is 1. The summed E-state index contributed by atoms with van der Waals surface area (Å²) in [5.74, 6) is -0.333. The van der Waals surface area contributed by atoms with E-state index in [1.807, 2.05) is 6.92 Å². The molecule has 1 heterocycles. The molecule has 1 fully saturated rings. The van der Waals surface area contributed by atoms with Crippen LogP contribution >= 0.6 is 0 Å². The molecule has 1 aromatic rings. The number of ether oxygens (including phenoxy) is 1. The number of carbonyl (C=O) groups excluding carboxylic acids is 1. The third-order valence-electron chi connectivity index (χ3n) is 3.13. The SMILES string of the molecule is C[C@@H]1CN(C(=O)c2ccc(C(F)(F)F)c(N)c2)CCO1. The number of anilines is 1. The van der Waals surface area contributed by atoms with E-state index in [-0.39, 0.29) is 17.6 Å². The molecule has 4 nitrogen and oxygen atoms in total. The lowest BCUT2D eigenvalue weighted by molar-refractivity contribution is -0.136. The lowest BCUT2D eigenvalue weighted by atomic mass is 10.1. The molecule has 0 spiro atoms. The minimum Gasteiger partial charge on any atom is -0.398 e.